The van der Waals surface area contributed by atoms with Crippen molar-refractivity contribution in [2.24, 2.45) is 0 Å². The van der Waals surface area contributed by atoms with Crippen molar-refractivity contribution in [2.75, 3.05) is 19.6 Å². The van der Waals surface area contributed by atoms with E-state index < -0.39 is 0 Å². The SMILES string of the molecule is Clc1ccc(-c2ccc(C#Cc3ccc(C=CCN4CCCC4)cc3)nc2)cc1. The van der Waals surface area contributed by atoms with Crippen LogP contribution in [-0.2, 0) is 0 Å². The largest absolute Gasteiger partial charge is 0.300 e. The fourth-order valence-corrected chi connectivity index (χ4v) is 3.52. The van der Waals surface area contributed by atoms with E-state index in [4.69, 9.17) is 11.6 Å². The molecule has 1 fully saturated rings. The topological polar surface area (TPSA) is 16.1 Å². The number of hydrogen-bond acceptors (Lipinski definition) is 2. The van der Waals surface area contributed by atoms with E-state index in [0.29, 0.717) is 0 Å². The normalized spacial score (nSPS) is 14.1. The average Bonchev–Trinajstić information content (AvgIpc) is 3.28. The third-order valence-electron chi connectivity index (χ3n) is 5.06. The van der Waals surface area contributed by atoms with Crippen LogP contribution in [0.1, 0.15) is 29.7 Å². The molecule has 29 heavy (non-hydrogen) atoms. The van der Waals surface area contributed by atoms with E-state index in [1.807, 2.05) is 42.6 Å². The number of benzene rings is 2. The highest BCUT2D eigenvalue weighted by Gasteiger charge is 2.08. The first-order chi connectivity index (χ1) is 14.3. The van der Waals surface area contributed by atoms with Crippen molar-refractivity contribution in [1.82, 2.24) is 9.88 Å². The third-order valence-corrected chi connectivity index (χ3v) is 5.31. The average molecular weight is 399 g/mol. The molecule has 0 aliphatic carbocycles. The Morgan fingerprint density at radius 3 is 2.28 bits per heavy atom. The quantitative estimate of drug-likeness (QED) is 0.508. The molecule has 2 nitrogen and oxygen atoms in total. The molecule has 1 aliphatic rings. The number of nitrogens with zero attached hydrogens (tertiary/aromatic N) is 2. The second-order valence-corrected chi connectivity index (χ2v) is 7.66. The molecule has 144 valence electrons. The minimum absolute atomic E-state index is 0.734. The molecule has 0 spiro atoms. The Balaban J connectivity index is 1.37. The van der Waals surface area contributed by atoms with Gasteiger partial charge in [-0.05, 0) is 73.3 Å². The highest BCUT2D eigenvalue weighted by Crippen LogP contribution is 2.20. The first kappa shape index (κ1) is 19.5. The molecule has 1 aromatic heterocycles. The molecule has 4 rings (SSSR count). The Hall–Kier alpha value is -2.86. The zero-order valence-corrected chi connectivity index (χ0v) is 17.1. The van der Waals surface area contributed by atoms with Crippen LogP contribution in [0.3, 0.4) is 0 Å². The predicted molar refractivity (Wildman–Crippen MR) is 122 cm³/mol. The Bertz CT molecular complexity index is 1020. The molecule has 2 aromatic carbocycles. The molecule has 0 radical (unpaired) electrons. The van der Waals surface area contributed by atoms with Gasteiger partial charge in [0.15, 0.2) is 0 Å². The van der Waals surface area contributed by atoms with Crippen molar-refractivity contribution in [2.45, 2.75) is 12.8 Å². The zero-order chi connectivity index (χ0) is 19.9. The summed E-state index contributed by atoms with van der Waals surface area (Å²) in [6, 6.07) is 20.1. The first-order valence-electron chi connectivity index (χ1n) is 9.99. The molecule has 2 heterocycles. The van der Waals surface area contributed by atoms with Crippen LogP contribution in [0.4, 0.5) is 0 Å². The lowest BCUT2D eigenvalue weighted by Gasteiger charge is -2.10. The summed E-state index contributed by atoms with van der Waals surface area (Å²) in [5.74, 6) is 6.33. The number of rotatable bonds is 4. The van der Waals surface area contributed by atoms with Crippen LogP contribution in [0.15, 0.2) is 72.9 Å². The van der Waals surface area contributed by atoms with Gasteiger partial charge in [0.25, 0.3) is 0 Å². The fraction of sp³-hybridized carbons (Fsp3) is 0.192. The van der Waals surface area contributed by atoms with E-state index in [1.165, 1.54) is 31.5 Å². The maximum absolute atomic E-state index is 5.95. The molecule has 3 heteroatoms. The van der Waals surface area contributed by atoms with Gasteiger partial charge in [-0.1, -0.05) is 60.0 Å². The van der Waals surface area contributed by atoms with E-state index >= 15 is 0 Å². The Morgan fingerprint density at radius 1 is 0.862 bits per heavy atom. The van der Waals surface area contributed by atoms with Gasteiger partial charge in [0.2, 0.25) is 0 Å². The number of halogens is 1. The maximum Gasteiger partial charge on any atom is 0.113 e. The fourth-order valence-electron chi connectivity index (χ4n) is 3.40. The Kier molecular flexibility index (Phi) is 6.42. The molecule has 0 bridgehead atoms. The van der Waals surface area contributed by atoms with Crippen LogP contribution in [0.2, 0.25) is 5.02 Å². The van der Waals surface area contributed by atoms with Crippen molar-refractivity contribution in [1.29, 1.82) is 0 Å². The van der Waals surface area contributed by atoms with E-state index in [9.17, 15) is 0 Å². The molecule has 0 atom stereocenters. The van der Waals surface area contributed by atoms with Crippen molar-refractivity contribution in [3.8, 4) is 23.0 Å². The van der Waals surface area contributed by atoms with Gasteiger partial charge in [0.1, 0.15) is 5.69 Å². The van der Waals surface area contributed by atoms with E-state index in [-0.39, 0.29) is 0 Å². The first-order valence-corrected chi connectivity index (χ1v) is 10.4. The van der Waals surface area contributed by atoms with Crippen LogP contribution in [-0.4, -0.2) is 29.5 Å². The van der Waals surface area contributed by atoms with Crippen molar-refractivity contribution < 1.29 is 0 Å². The second kappa shape index (κ2) is 9.56. The lowest BCUT2D eigenvalue weighted by atomic mass is 10.1. The summed E-state index contributed by atoms with van der Waals surface area (Å²) in [4.78, 5) is 6.95. The van der Waals surface area contributed by atoms with Gasteiger partial charge >= 0.3 is 0 Å². The van der Waals surface area contributed by atoms with Crippen molar-refractivity contribution in [3.05, 3.63) is 94.8 Å². The number of pyridine rings is 1. The molecular formula is C26H23ClN2. The number of aromatic nitrogens is 1. The zero-order valence-electron chi connectivity index (χ0n) is 16.3. The lowest BCUT2D eigenvalue weighted by Crippen LogP contribution is -2.18. The molecule has 3 aromatic rings. The van der Waals surface area contributed by atoms with Crippen LogP contribution in [0.25, 0.3) is 17.2 Å². The third kappa shape index (κ3) is 5.57. The second-order valence-electron chi connectivity index (χ2n) is 7.22. The summed E-state index contributed by atoms with van der Waals surface area (Å²) in [6.45, 7) is 3.50. The summed E-state index contributed by atoms with van der Waals surface area (Å²) >= 11 is 5.95. The molecule has 1 saturated heterocycles. The Labute approximate surface area is 177 Å². The predicted octanol–water partition coefficient (Wildman–Crippen LogP) is 5.91. The van der Waals surface area contributed by atoms with Gasteiger partial charge in [-0.15, -0.1) is 0 Å². The van der Waals surface area contributed by atoms with Crippen molar-refractivity contribution in [3.63, 3.8) is 0 Å². The van der Waals surface area contributed by atoms with Gasteiger partial charge in [0.05, 0.1) is 0 Å². The minimum Gasteiger partial charge on any atom is -0.300 e. The van der Waals surface area contributed by atoms with E-state index in [1.54, 1.807) is 0 Å². The number of hydrogen-bond donors (Lipinski definition) is 0. The summed E-state index contributed by atoms with van der Waals surface area (Å²) in [7, 11) is 0. The molecule has 0 amide bonds. The number of likely N-dealkylation sites (tertiary alicyclic amines) is 1. The monoisotopic (exact) mass is 398 g/mol. The van der Waals surface area contributed by atoms with Crippen LogP contribution < -0.4 is 0 Å². The lowest BCUT2D eigenvalue weighted by molar-refractivity contribution is 0.378. The van der Waals surface area contributed by atoms with E-state index in [2.05, 4.69) is 58.1 Å². The van der Waals surface area contributed by atoms with Gasteiger partial charge in [-0.3, -0.25) is 4.90 Å². The van der Waals surface area contributed by atoms with Gasteiger partial charge in [-0.2, -0.15) is 0 Å². The maximum atomic E-state index is 5.95. The Morgan fingerprint density at radius 2 is 1.59 bits per heavy atom. The molecule has 0 unspecified atom stereocenters. The molecule has 0 N–H and O–H groups in total. The van der Waals surface area contributed by atoms with E-state index in [0.717, 1.165) is 34.0 Å². The van der Waals surface area contributed by atoms with Gasteiger partial charge in [-0.25, -0.2) is 4.98 Å². The summed E-state index contributed by atoms with van der Waals surface area (Å²) < 4.78 is 0. The van der Waals surface area contributed by atoms with Crippen LogP contribution >= 0.6 is 11.6 Å². The standard InChI is InChI=1S/C26H23ClN2/c27-25-13-10-23(11-14-25)24-12-16-26(28-20-24)15-9-22-7-5-21(6-8-22)4-3-19-29-17-1-2-18-29/h3-8,10-14,16,20H,1-2,17-19H2. The molecule has 0 saturated carbocycles. The van der Waals surface area contributed by atoms with Crippen LogP contribution in [0, 0.1) is 11.8 Å². The minimum atomic E-state index is 0.734. The van der Waals surface area contributed by atoms with Crippen LogP contribution in [0.5, 0.6) is 0 Å². The highest BCUT2D eigenvalue weighted by molar-refractivity contribution is 6.30. The highest BCUT2D eigenvalue weighted by atomic mass is 35.5. The van der Waals surface area contributed by atoms with Gasteiger partial charge in [0, 0.05) is 28.9 Å². The summed E-state index contributed by atoms with van der Waals surface area (Å²) in [5.41, 5.74) is 5.11. The smallest absolute Gasteiger partial charge is 0.113 e. The summed E-state index contributed by atoms with van der Waals surface area (Å²) in [5, 5.41) is 0.734. The molecule has 1 aliphatic heterocycles. The molecular weight excluding hydrogens is 376 g/mol. The van der Waals surface area contributed by atoms with Crippen molar-refractivity contribution >= 4 is 17.7 Å². The summed E-state index contributed by atoms with van der Waals surface area (Å²) in [6.07, 6.45) is 8.95. The van der Waals surface area contributed by atoms with Gasteiger partial charge < -0.3 is 0 Å².